The monoisotopic (exact) mass is 330 g/mol. The van der Waals surface area contributed by atoms with Crippen LogP contribution in [0.15, 0.2) is 18.2 Å². The third kappa shape index (κ3) is 3.41. The molecule has 1 saturated carbocycles. The van der Waals surface area contributed by atoms with E-state index in [-0.39, 0.29) is 30.8 Å². The minimum Gasteiger partial charge on any atom is -0.342 e. The van der Waals surface area contributed by atoms with Gasteiger partial charge in [0, 0.05) is 19.1 Å². The normalized spacial score (nSPS) is 27.2. The van der Waals surface area contributed by atoms with Crippen molar-refractivity contribution in [1.82, 2.24) is 4.90 Å². The van der Waals surface area contributed by atoms with Crippen LogP contribution < -0.4 is 5.73 Å². The number of carbonyl (C=O) groups is 1. The third-order valence-electron chi connectivity index (χ3n) is 4.85. The minimum atomic E-state index is -0.905. The van der Waals surface area contributed by atoms with Crippen molar-refractivity contribution in [1.29, 1.82) is 0 Å². The van der Waals surface area contributed by atoms with E-state index >= 15 is 0 Å². The molecule has 6 heteroatoms. The van der Waals surface area contributed by atoms with Crippen molar-refractivity contribution < 1.29 is 13.6 Å². The molecule has 122 valence electrons. The average Bonchev–Trinajstić information content (AvgIpc) is 2.89. The number of benzene rings is 1. The number of amides is 1. The lowest BCUT2D eigenvalue weighted by molar-refractivity contribution is -0.129. The Morgan fingerprint density at radius 3 is 2.68 bits per heavy atom. The molecule has 3 nitrogen and oxygen atoms in total. The van der Waals surface area contributed by atoms with Gasteiger partial charge in [-0.3, -0.25) is 4.79 Å². The number of rotatable bonds is 2. The summed E-state index contributed by atoms with van der Waals surface area (Å²) in [6.07, 6.45) is 3.42. The van der Waals surface area contributed by atoms with E-state index in [9.17, 15) is 13.6 Å². The standard InChI is InChI=1S/C16H20F2N2O.ClH/c17-13-5-4-10(6-14(13)18)7-16(21)20-8-11-2-1-3-15(19)12(11)9-20;/h4-6,11-12,15H,1-3,7-9,19H2;1H. The van der Waals surface area contributed by atoms with Gasteiger partial charge >= 0.3 is 0 Å². The molecule has 0 bridgehead atoms. The fourth-order valence-corrected chi connectivity index (χ4v) is 3.66. The number of likely N-dealkylation sites (tertiary alicyclic amines) is 1. The minimum absolute atomic E-state index is 0. The van der Waals surface area contributed by atoms with Gasteiger partial charge in [0.25, 0.3) is 0 Å². The van der Waals surface area contributed by atoms with Gasteiger partial charge in [-0.25, -0.2) is 8.78 Å². The van der Waals surface area contributed by atoms with Crippen molar-refractivity contribution in [2.45, 2.75) is 31.7 Å². The summed E-state index contributed by atoms with van der Waals surface area (Å²) in [4.78, 5) is 14.2. The molecule has 1 saturated heterocycles. The first kappa shape index (κ1) is 17.2. The van der Waals surface area contributed by atoms with Crippen LogP contribution in [0.4, 0.5) is 8.78 Å². The molecule has 3 rings (SSSR count). The molecule has 1 aromatic rings. The van der Waals surface area contributed by atoms with Gasteiger partial charge in [-0.1, -0.05) is 12.5 Å². The number of halogens is 3. The van der Waals surface area contributed by atoms with Gasteiger partial charge in [-0.2, -0.15) is 0 Å². The zero-order chi connectivity index (χ0) is 15.0. The molecule has 1 aromatic carbocycles. The highest BCUT2D eigenvalue weighted by Gasteiger charge is 2.40. The van der Waals surface area contributed by atoms with Crippen LogP contribution in [0, 0.1) is 23.5 Å². The van der Waals surface area contributed by atoms with Crippen LogP contribution in [0.1, 0.15) is 24.8 Å². The molecular formula is C16H21ClF2N2O. The fourth-order valence-electron chi connectivity index (χ4n) is 3.66. The molecule has 1 heterocycles. The first-order valence-corrected chi connectivity index (χ1v) is 7.52. The summed E-state index contributed by atoms with van der Waals surface area (Å²) >= 11 is 0. The zero-order valence-corrected chi connectivity index (χ0v) is 13.1. The summed E-state index contributed by atoms with van der Waals surface area (Å²) in [6.45, 7) is 1.45. The fraction of sp³-hybridized carbons (Fsp3) is 0.562. The Morgan fingerprint density at radius 2 is 2.00 bits per heavy atom. The topological polar surface area (TPSA) is 46.3 Å². The van der Waals surface area contributed by atoms with Crippen LogP contribution in [-0.4, -0.2) is 29.9 Å². The second kappa shape index (κ2) is 6.92. The number of nitrogens with zero attached hydrogens (tertiary/aromatic N) is 1. The number of nitrogens with two attached hydrogens (primary N) is 1. The Bertz CT molecular complexity index is 555. The quantitative estimate of drug-likeness (QED) is 0.905. The molecule has 22 heavy (non-hydrogen) atoms. The zero-order valence-electron chi connectivity index (χ0n) is 12.3. The second-order valence-electron chi connectivity index (χ2n) is 6.24. The van der Waals surface area contributed by atoms with Gasteiger partial charge < -0.3 is 10.6 Å². The van der Waals surface area contributed by atoms with Crippen LogP contribution >= 0.6 is 12.4 Å². The predicted octanol–water partition coefficient (Wildman–Crippen LogP) is 2.51. The van der Waals surface area contributed by atoms with Crippen LogP contribution in [0.5, 0.6) is 0 Å². The van der Waals surface area contributed by atoms with E-state index in [1.54, 1.807) is 0 Å². The van der Waals surface area contributed by atoms with Crippen molar-refractivity contribution in [2.75, 3.05) is 13.1 Å². The van der Waals surface area contributed by atoms with Crippen molar-refractivity contribution in [2.24, 2.45) is 17.6 Å². The van der Waals surface area contributed by atoms with E-state index < -0.39 is 11.6 Å². The molecular weight excluding hydrogens is 310 g/mol. The molecule has 0 spiro atoms. The number of hydrogen-bond donors (Lipinski definition) is 1. The van der Waals surface area contributed by atoms with Gasteiger partial charge in [-0.05, 0) is 42.4 Å². The van der Waals surface area contributed by atoms with Crippen molar-refractivity contribution in [3.8, 4) is 0 Å². The summed E-state index contributed by atoms with van der Waals surface area (Å²) in [5, 5.41) is 0. The number of fused-ring (bicyclic) bond motifs is 1. The summed E-state index contributed by atoms with van der Waals surface area (Å²) in [5.41, 5.74) is 6.65. The maximum Gasteiger partial charge on any atom is 0.227 e. The van der Waals surface area contributed by atoms with Gasteiger partial charge in [-0.15, -0.1) is 12.4 Å². The van der Waals surface area contributed by atoms with E-state index in [4.69, 9.17) is 5.73 Å². The molecule has 0 aromatic heterocycles. The van der Waals surface area contributed by atoms with Crippen LogP contribution in [0.25, 0.3) is 0 Å². The van der Waals surface area contributed by atoms with E-state index in [1.807, 2.05) is 4.90 Å². The lowest BCUT2D eigenvalue weighted by atomic mass is 9.78. The van der Waals surface area contributed by atoms with E-state index in [1.165, 1.54) is 6.07 Å². The molecule has 3 unspecified atom stereocenters. The lowest BCUT2D eigenvalue weighted by Gasteiger charge is -2.29. The third-order valence-corrected chi connectivity index (χ3v) is 4.85. The highest BCUT2D eigenvalue weighted by atomic mass is 35.5. The molecule has 0 radical (unpaired) electrons. The maximum absolute atomic E-state index is 13.2. The van der Waals surface area contributed by atoms with Crippen LogP contribution in [0.3, 0.4) is 0 Å². The molecule has 2 fully saturated rings. The first-order valence-electron chi connectivity index (χ1n) is 7.52. The summed E-state index contributed by atoms with van der Waals surface area (Å²) < 4.78 is 26.1. The Kier molecular flexibility index (Phi) is 5.40. The second-order valence-corrected chi connectivity index (χ2v) is 6.24. The Hall–Kier alpha value is -1.20. The SMILES string of the molecule is Cl.NC1CCCC2CN(C(=O)Cc3ccc(F)c(F)c3)CC12. The molecule has 3 atom stereocenters. The van der Waals surface area contributed by atoms with Gasteiger partial charge in [0.05, 0.1) is 6.42 Å². The van der Waals surface area contributed by atoms with E-state index in [0.29, 0.717) is 23.9 Å². The van der Waals surface area contributed by atoms with Crippen molar-refractivity contribution in [3.05, 3.63) is 35.4 Å². The van der Waals surface area contributed by atoms with Crippen molar-refractivity contribution >= 4 is 18.3 Å². The molecule has 1 amide bonds. The summed E-state index contributed by atoms with van der Waals surface area (Å²) in [7, 11) is 0. The lowest BCUT2D eigenvalue weighted by Crippen LogP contribution is -2.38. The Labute approximate surface area is 135 Å². The van der Waals surface area contributed by atoms with Gasteiger partial charge in [0.1, 0.15) is 0 Å². The van der Waals surface area contributed by atoms with Crippen molar-refractivity contribution in [3.63, 3.8) is 0 Å². The summed E-state index contributed by atoms with van der Waals surface area (Å²) in [6, 6.07) is 3.81. The largest absolute Gasteiger partial charge is 0.342 e. The van der Waals surface area contributed by atoms with E-state index in [2.05, 4.69) is 0 Å². The van der Waals surface area contributed by atoms with Crippen LogP contribution in [0.2, 0.25) is 0 Å². The Balaban J connectivity index is 0.00000176. The van der Waals surface area contributed by atoms with E-state index in [0.717, 1.165) is 37.9 Å². The van der Waals surface area contributed by atoms with Crippen LogP contribution in [-0.2, 0) is 11.2 Å². The Morgan fingerprint density at radius 1 is 1.23 bits per heavy atom. The molecule has 1 aliphatic heterocycles. The first-order chi connectivity index (χ1) is 10.0. The number of hydrogen-bond acceptors (Lipinski definition) is 2. The molecule has 2 aliphatic rings. The molecule has 2 N–H and O–H groups in total. The average molecular weight is 331 g/mol. The van der Waals surface area contributed by atoms with Gasteiger partial charge in [0.2, 0.25) is 5.91 Å². The number of carbonyl (C=O) groups excluding carboxylic acids is 1. The smallest absolute Gasteiger partial charge is 0.227 e. The summed E-state index contributed by atoms with van der Waals surface area (Å²) in [5.74, 6) is -0.917. The highest BCUT2D eigenvalue weighted by Crippen LogP contribution is 2.35. The van der Waals surface area contributed by atoms with Gasteiger partial charge in [0.15, 0.2) is 11.6 Å². The predicted molar refractivity (Wildman–Crippen MR) is 82.7 cm³/mol. The maximum atomic E-state index is 13.2. The highest BCUT2D eigenvalue weighted by molar-refractivity contribution is 5.85. The molecule has 1 aliphatic carbocycles.